The lowest BCUT2D eigenvalue weighted by Gasteiger charge is -2.29. The van der Waals surface area contributed by atoms with Gasteiger partial charge in [0.05, 0.1) is 18.4 Å². The highest BCUT2D eigenvalue weighted by Gasteiger charge is 2.29. The van der Waals surface area contributed by atoms with Gasteiger partial charge in [0, 0.05) is 5.38 Å². The molecule has 26 heavy (non-hydrogen) atoms. The Morgan fingerprint density at radius 2 is 2.15 bits per heavy atom. The lowest BCUT2D eigenvalue weighted by atomic mass is 10.2. The van der Waals surface area contributed by atoms with Crippen LogP contribution in [0.15, 0.2) is 41.3 Å². The van der Waals surface area contributed by atoms with E-state index in [1.54, 1.807) is 13.0 Å². The number of carbonyl (C=O) groups excluding carboxylic acids is 1. The summed E-state index contributed by atoms with van der Waals surface area (Å²) in [6.45, 7) is 1.62. The molecule has 0 radical (unpaired) electrons. The fourth-order valence-electron chi connectivity index (χ4n) is 2.01. The Morgan fingerprint density at radius 3 is 2.77 bits per heavy atom. The summed E-state index contributed by atoms with van der Waals surface area (Å²) in [5, 5.41) is 8.43. The molecule has 0 saturated heterocycles. The zero-order valence-corrected chi connectivity index (χ0v) is 15.3. The highest BCUT2D eigenvalue weighted by atomic mass is 35.5. The first kappa shape index (κ1) is 19.4. The Bertz CT molecular complexity index is 934. The van der Waals surface area contributed by atoms with E-state index in [9.17, 15) is 13.2 Å². The molecule has 0 saturated carbocycles. The van der Waals surface area contributed by atoms with Gasteiger partial charge in [0.15, 0.2) is 0 Å². The number of hydrazine groups is 2. The van der Waals surface area contributed by atoms with Crippen LogP contribution in [0, 0.1) is 11.3 Å². The predicted molar refractivity (Wildman–Crippen MR) is 96.5 cm³/mol. The van der Waals surface area contributed by atoms with Gasteiger partial charge in [0.2, 0.25) is 5.88 Å². The van der Waals surface area contributed by atoms with E-state index in [4.69, 9.17) is 21.5 Å². The van der Waals surface area contributed by atoms with E-state index >= 15 is 0 Å². The number of para-hydroxylation sites is 1. The normalized spacial score (nSPS) is 13.5. The fourth-order valence-corrected chi connectivity index (χ4v) is 2.82. The van der Waals surface area contributed by atoms with Crippen LogP contribution in [0.25, 0.3) is 0 Å². The van der Waals surface area contributed by atoms with E-state index in [0.717, 1.165) is 5.12 Å². The summed E-state index contributed by atoms with van der Waals surface area (Å²) in [7, 11) is -3.07. The number of hydrogen-bond donors (Lipinski definition) is 3. The topological polar surface area (TPSA) is 129 Å². The summed E-state index contributed by atoms with van der Waals surface area (Å²) >= 11 is 5.40. The predicted octanol–water partition coefficient (Wildman–Crippen LogP) is 0.553. The molecule has 2 rings (SSSR count). The van der Waals surface area contributed by atoms with Gasteiger partial charge in [-0.25, -0.2) is 15.4 Å². The van der Waals surface area contributed by atoms with Gasteiger partial charge < -0.3 is 4.74 Å². The third kappa shape index (κ3) is 4.57. The molecule has 138 valence electrons. The lowest BCUT2D eigenvalue weighted by Crippen LogP contribution is -2.56. The van der Waals surface area contributed by atoms with Gasteiger partial charge in [0.1, 0.15) is 12.0 Å². The van der Waals surface area contributed by atoms with Crippen molar-refractivity contribution in [3.05, 3.63) is 41.9 Å². The fraction of sp³-hybridized carbons (Fsp3) is 0.143. The van der Waals surface area contributed by atoms with Crippen molar-refractivity contribution in [1.82, 2.24) is 16.0 Å². The maximum Gasteiger partial charge on any atom is 0.357 e. The van der Waals surface area contributed by atoms with Crippen molar-refractivity contribution in [3.8, 4) is 11.3 Å². The molecule has 0 fully saturated rings. The van der Waals surface area contributed by atoms with E-state index in [0.29, 0.717) is 10.1 Å². The third-order valence-corrected chi connectivity index (χ3v) is 3.93. The first-order valence-electron chi connectivity index (χ1n) is 6.97. The largest absolute Gasteiger partial charge is 0.480 e. The van der Waals surface area contributed by atoms with Crippen LogP contribution >= 0.6 is 11.6 Å². The Hall–Kier alpha value is -2.94. The molecule has 10 nitrogen and oxygen atoms in total. The highest BCUT2D eigenvalue weighted by molar-refractivity contribution is 7.91. The number of aliphatic imine (C=N–C) groups is 1. The molecule has 1 aromatic carbocycles. The Labute approximate surface area is 155 Å². The first-order valence-corrected chi connectivity index (χ1v) is 8.85. The molecule has 0 atom stereocenters. The number of urea groups is 1. The van der Waals surface area contributed by atoms with Crippen LogP contribution in [0.2, 0.25) is 0 Å². The lowest BCUT2D eigenvalue weighted by molar-refractivity contribution is 0.189. The standard InChI is InChI=1S/C14H15ClN6O4S/c1-10-17-13(25-2)9-20(18-10)19-14(22)21(26(16,23)24)12-6-4-3-5-11(12)7-8-15/h3-6,9H,1-2H3,(H,17,18)(H,19,22)(H2,16,23,24). The van der Waals surface area contributed by atoms with Gasteiger partial charge in [0.25, 0.3) is 0 Å². The zero-order valence-electron chi connectivity index (χ0n) is 13.7. The van der Waals surface area contributed by atoms with Crippen LogP contribution in [0.3, 0.4) is 0 Å². The second-order valence-electron chi connectivity index (χ2n) is 4.81. The minimum atomic E-state index is -4.47. The second kappa shape index (κ2) is 7.96. The third-order valence-electron chi connectivity index (χ3n) is 2.97. The van der Waals surface area contributed by atoms with Gasteiger partial charge in [-0.2, -0.15) is 22.8 Å². The van der Waals surface area contributed by atoms with Crippen LogP contribution in [-0.2, 0) is 14.9 Å². The van der Waals surface area contributed by atoms with Crippen molar-refractivity contribution in [2.24, 2.45) is 10.1 Å². The van der Waals surface area contributed by atoms with Crippen LogP contribution in [0.5, 0.6) is 0 Å². The quantitative estimate of drug-likeness (QED) is 0.635. The minimum absolute atomic E-state index is 0.0565. The molecular formula is C14H15ClN6O4S. The number of rotatable bonds is 4. The molecule has 0 aromatic heterocycles. The summed E-state index contributed by atoms with van der Waals surface area (Å²) in [6, 6.07) is 4.94. The molecular weight excluding hydrogens is 384 g/mol. The average molecular weight is 399 g/mol. The Morgan fingerprint density at radius 1 is 1.46 bits per heavy atom. The highest BCUT2D eigenvalue weighted by Crippen LogP contribution is 2.22. The van der Waals surface area contributed by atoms with Crippen molar-refractivity contribution >= 4 is 39.4 Å². The van der Waals surface area contributed by atoms with Crippen LogP contribution in [0.4, 0.5) is 10.5 Å². The van der Waals surface area contributed by atoms with Crippen molar-refractivity contribution < 1.29 is 17.9 Å². The van der Waals surface area contributed by atoms with Crippen molar-refractivity contribution in [2.45, 2.75) is 6.92 Å². The summed E-state index contributed by atoms with van der Waals surface area (Å²) in [4.78, 5) is 16.6. The number of methoxy groups -OCH3 is 1. The molecule has 1 heterocycles. The number of ether oxygens (including phenoxy) is 1. The molecule has 1 aliphatic rings. The molecule has 4 N–H and O–H groups in total. The van der Waals surface area contributed by atoms with Crippen LogP contribution in [-0.4, -0.2) is 32.5 Å². The maximum atomic E-state index is 12.6. The van der Waals surface area contributed by atoms with Gasteiger partial charge >= 0.3 is 16.2 Å². The van der Waals surface area contributed by atoms with Crippen LogP contribution < -0.4 is 20.3 Å². The number of benzene rings is 1. The number of halogens is 1. The smallest absolute Gasteiger partial charge is 0.357 e. The number of amides is 2. The number of carbonyl (C=O) groups is 1. The van der Waals surface area contributed by atoms with E-state index < -0.39 is 16.2 Å². The Kier molecular flexibility index (Phi) is 5.93. The van der Waals surface area contributed by atoms with Gasteiger partial charge in [-0.05, 0) is 36.6 Å². The molecule has 0 bridgehead atoms. The van der Waals surface area contributed by atoms with Crippen LogP contribution in [0.1, 0.15) is 12.5 Å². The van der Waals surface area contributed by atoms with Gasteiger partial charge in [-0.3, -0.25) is 5.43 Å². The number of amidine groups is 1. The molecule has 0 aliphatic carbocycles. The SMILES string of the molecule is COC1=CN(NC(=O)N(c2ccccc2C#CCl)S(N)(=O)=O)NC(C)=N1. The number of anilines is 1. The van der Waals surface area contributed by atoms with E-state index in [2.05, 4.69) is 27.1 Å². The summed E-state index contributed by atoms with van der Waals surface area (Å²) in [5.74, 6) is 3.10. The van der Waals surface area contributed by atoms with Gasteiger partial charge in [-0.15, -0.1) is 0 Å². The van der Waals surface area contributed by atoms with E-state index in [-0.39, 0.29) is 17.1 Å². The van der Waals surface area contributed by atoms with E-state index in [1.807, 2.05) is 0 Å². The molecule has 1 aromatic rings. The van der Waals surface area contributed by atoms with Crippen molar-refractivity contribution in [2.75, 3.05) is 11.4 Å². The minimum Gasteiger partial charge on any atom is -0.480 e. The van der Waals surface area contributed by atoms with Gasteiger partial charge in [-0.1, -0.05) is 12.1 Å². The molecule has 0 spiro atoms. The monoisotopic (exact) mass is 398 g/mol. The second-order valence-corrected chi connectivity index (χ2v) is 6.40. The summed E-state index contributed by atoms with van der Waals surface area (Å²) in [6.07, 6.45) is 1.30. The first-order chi connectivity index (χ1) is 12.3. The number of nitrogens with two attached hydrogens (primary N) is 1. The number of nitrogens with zero attached hydrogens (tertiary/aromatic N) is 3. The maximum absolute atomic E-state index is 12.6. The molecule has 1 aliphatic heterocycles. The Balaban J connectivity index is 2.37. The zero-order chi connectivity index (χ0) is 19.3. The summed E-state index contributed by atoms with van der Waals surface area (Å²) < 4.78 is 29.4. The molecule has 0 unspecified atom stereocenters. The van der Waals surface area contributed by atoms with E-state index in [1.165, 1.54) is 31.5 Å². The number of hydrogen-bond acceptors (Lipinski definition) is 7. The average Bonchev–Trinajstić information content (AvgIpc) is 2.55. The summed E-state index contributed by atoms with van der Waals surface area (Å²) in [5.41, 5.74) is 5.15. The van der Waals surface area contributed by atoms with Crippen molar-refractivity contribution in [3.63, 3.8) is 0 Å². The molecule has 12 heteroatoms. The van der Waals surface area contributed by atoms with Crippen molar-refractivity contribution in [1.29, 1.82) is 0 Å². The number of nitrogens with one attached hydrogen (secondary N) is 2. The molecule has 2 amide bonds.